The Hall–Kier alpha value is -0.960. The summed E-state index contributed by atoms with van der Waals surface area (Å²) in [6.07, 6.45) is 3.56. The molecule has 0 bridgehead atoms. The van der Waals surface area contributed by atoms with Crippen molar-refractivity contribution < 1.29 is 0 Å². The molecule has 2 heterocycles. The number of fused-ring (bicyclic) bond motifs is 1. The molecule has 0 radical (unpaired) electrons. The lowest BCUT2D eigenvalue weighted by Crippen LogP contribution is -1.74. The standard InChI is InChI=1S/C6H4N2S/c1-2-8-6-5(1)7-3-4-9-6/h1-4H. The fraction of sp³-hybridized carbons (Fsp3) is 0. The van der Waals surface area contributed by atoms with Crippen molar-refractivity contribution in [2.45, 2.75) is 0 Å². The van der Waals surface area contributed by atoms with E-state index in [9.17, 15) is 0 Å². The van der Waals surface area contributed by atoms with Gasteiger partial charge in [0.2, 0.25) is 0 Å². The summed E-state index contributed by atoms with van der Waals surface area (Å²) in [5, 5.41) is 2.94. The molecular weight excluding hydrogens is 132 g/mol. The Kier molecular flexibility index (Phi) is 0.960. The lowest BCUT2D eigenvalue weighted by molar-refractivity contribution is 1.35. The van der Waals surface area contributed by atoms with Crippen molar-refractivity contribution in [1.82, 2.24) is 9.97 Å². The summed E-state index contributed by atoms with van der Waals surface area (Å²) in [4.78, 5) is 8.16. The van der Waals surface area contributed by atoms with E-state index in [-0.39, 0.29) is 0 Å². The fourth-order valence-electron chi connectivity index (χ4n) is 0.708. The average Bonchev–Trinajstić information content (AvgIpc) is 2.33. The van der Waals surface area contributed by atoms with Crippen molar-refractivity contribution in [1.29, 1.82) is 0 Å². The molecule has 0 saturated carbocycles. The Morgan fingerprint density at radius 3 is 3.11 bits per heavy atom. The molecule has 0 atom stereocenters. The number of aromatic nitrogens is 2. The highest BCUT2D eigenvalue weighted by Crippen LogP contribution is 2.19. The lowest BCUT2D eigenvalue weighted by atomic mass is 10.5. The first-order valence-corrected chi connectivity index (χ1v) is 3.49. The van der Waals surface area contributed by atoms with E-state index in [1.807, 2.05) is 11.4 Å². The van der Waals surface area contributed by atoms with Gasteiger partial charge in [0, 0.05) is 17.8 Å². The van der Waals surface area contributed by atoms with Crippen molar-refractivity contribution in [3.8, 4) is 10.7 Å². The summed E-state index contributed by atoms with van der Waals surface area (Å²) >= 11 is 1.61. The van der Waals surface area contributed by atoms with Crippen LogP contribution < -0.4 is 0 Å². The lowest BCUT2D eigenvalue weighted by Gasteiger charge is -1.88. The molecule has 0 fully saturated rings. The van der Waals surface area contributed by atoms with Crippen molar-refractivity contribution >= 4 is 11.3 Å². The van der Waals surface area contributed by atoms with E-state index in [0.717, 1.165) is 10.7 Å². The van der Waals surface area contributed by atoms with E-state index in [1.165, 1.54) is 0 Å². The molecular formula is C6H4N2S. The SMILES string of the molecule is c1csc2nccc-2n1. The van der Waals surface area contributed by atoms with E-state index in [2.05, 4.69) is 9.97 Å². The van der Waals surface area contributed by atoms with Gasteiger partial charge in [0.25, 0.3) is 0 Å². The Bertz CT molecular complexity index is 251. The molecule has 0 aromatic heterocycles. The number of hydrogen-bond donors (Lipinski definition) is 0. The molecule has 0 aromatic rings. The largest absolute Gasteiger partial charge is 0.253 e. The maximum Gasteiger partial charge on any atom is 0.141 e. The van der Waals surface area contributed by atoms with E-state index in [0.29, 0.717) is 0 Å². The van der Waals surface area contributed by atoms with E-state index in [1.54, 1.807) is 23.7 Å². The van der Waals surface area contributed by atoms with E-state index in [4.69, 9.17) is 0 Å². The maximum atomic E-state index is 4.09. The van der Waals surface area contributed by atoms with Crippen molar-refractivity contribution in [3.05, 3.63) is 23.8 Å². The normalized spacial score (nSPS) is 10.2. The molecule has 0 N–H and O–H groups in total. The van der Waals surface area contributed by atoms with Gasteiger partial charge in [0.05, 0.1) is 0 Å². The molecule has 2 rings (SSSR count). The van der Waals surface area contributed by atoms with Gasteiger partial charge in [-0.2, -0.15) is 0 Å². The van der Waals surface area contributed by atoms with Gasteiger partial charge in [0.1, 0.15) is 10.7 Å². The third-order valence-electron chi connectivity index (χ3n) is 1.10. The van der Waals surface area contributed by atoms with Gasteiger partial charge < -0.3 is 0 Å². The van der Waals surface area contributed by atoms with Crippen LogP contribution in [0.4, 0.5) is 0 Å². The zero-order valence-corrected chi connectivity index (χ0v) is 5.43. The minimum absolute atomic E-state index is 0.988. The van der Waals surface area contributed by atoms with Crippen LogP contribution in [0.15, 0.2) is 23.8 Å². The van der Waals surface area contributed by atoms with E-state index < -0.39 is 0 Å². The fourth-order valence-corrected chi connectivity index (χ4v) is 1.32. The third kappa shape index (κ3) is 0.695. The Morgan fingerprint density at radius 1 is 1.22 bits per heavy atom. The van der Waals surface area contributed by atoms with Crippen LogP contribution in [0.1, 0.15) is 0 Å². The van der Waals surface area contributed by atoms with Crippen LogP contribution in [0, 0.1) is 0 Å². The molecule has 2 nitrogen and oxygen atoms in total. The Labute approximate surface area is 56.5 Å². The van der Waals surface area contributed by atoms with E-state index >= 15 is 0 Å². The zero-order chi connectivity index (χ0) is 6.10. The number of rotatable bonds is 0. The first-order valence-electron chi connectivity index (χ1n) is 2.61. The first-order chi connectivity index (χ1) is 4.47. The van der Waals surface area contributed by atoms with Gasteiger partial charge in [-0.05, 0) is 6.07 Å². The second-order valence-electron chi connectivity index (χ2n) is 1.67. The zero-order valence-electron chi connectivity index (χ0n) is 4.61. The van der Waals surface area contributed by atoms with Gasteiger partial charge >= 0.3 is 0 Å². The highest BCUT2D eigenvalue weighted by Gasteiger charge is 2.00. The molecule has 0 saturated heterocycles. The quantitative estimate of drug-likeness (QED) is 0.550. The monoisotopic (exact) mass is 136 g/mol. The van der Waals surface area contributed by atoms with Crippen LogP contribution >= 0.6 is 11.3 Å². The highest BCUT2D eigenvalue weighted by molar-refractivity contribution is 7.12. The predicted molar refractivity (Wildman–Crippen MR) is 36.5 cm³/mol. The summed E-state index contributed by atoms with van der Waals surface area (Å²) in [7, 11) is 0. The molecule has 2 aliphatic rings. The smallest absolute Gasteiger partial charge is 0.141 e. The summed E-state index contributed by atoms with van der Waals surface area (Å²) in [5.41, 5.74) is 0.988. The van der Waals surface area contributed by atoms with Gasteiger partial charge in [0.15, 0.2) is 0 Å². The molecule has 44 valence electrons. The molecule has 0 aliphatic carbocycles. The number of nitrogens with zero attached hydrogens (tertiary/aromatic N) is 2. The molecule has 0 amide bonds. The van der Waals surface area contributed by atoms with Crippen LogP contribution in [-0.2, 0) is 0 Å². The topological polar surface area (TPSA) is 25.8 Å². The minimum Gasteiger partial charge on any atom is -0.253 e. The van der Waals surface area contributed by atoms with Crippen molar-refractivity contribution in [2.24, 2.45) is 0 Å². The molecule has 0 unspecified atom stereocenters. The summed E-state index contributed by atoms with van der Waals surface area (Å²) in [6, 6.07) is 1.91. The summed E-state index contributed by atoms with van der Waals surface area (Å²) in [6.45, 7) is 0. The van der Waals surface area contributed by atoms with Gasteiger partial charge in [-0.15, -0.1) is 11.3 Å². The van der Waals surface area contributed by atoms with Crippen LogP contribution in [0.2, 0.25) is 0 Å². The molecule has 9 heavy (non-hydrogen) atoms. The predicted octanol–water partition coefficient (Wildman–Crippen LogP) is 1.64. The molecule has 2 aliphatic heterocycles. The minimum atomic E-state index is 0.988. The Balaban J connectivity index is 2.79. The first kappa shape index (κ1) is 4.88. The maximum absolute atomic E-state index is 4.09. The number of hydrogen-bond acceptors (Lipinski definition) is 3. The third-order valence-corrected chi connectivity index (χ3v) is 1.89. The van der Waals surface area contributed by atoms with Crippen molar-refractivity contribution in [2.75, 3.05) is 0 Å². The van der Waals surface area contributed by atoms with Crippen LogP contribution in [0.5, 0.6) is 0 Å². The second kappa shape index (κ2) is 1.77. The van der Waals surface area contributed by atoms with Gasteiger partial charge in [-0.3, -0.25) is 4.98 Å². The molecule has 0 spiro atoms. The summed E-state index contributed by atoms with van der Waals surface area (Å²) < 4.78 is 0. The molecule has 3 heteroatoms. The Morgan fingerprint density at radius 2 is 2.22 bits per heavy atom. The van der Waals surface area contributed by atoms with Crippen molar-refractivity contribution in [3.63, 3.8) is 0 Å². The van der Waals surface area contributed by atoms with Crippen LogP contribution in [0.25, 0.3) is 10.7 Å². The van der Waals surface area contributed by atoms with Crippen LogP contribution in [0.3, 0.4) is 0 Å². The molecule has 0 aromatic carbocycles. The second-order valence-corrected chi connectivity index (χ2v) is 2.56. The summed E-state index contributed by atoms with van der Waals surface area (Å²) in [5.74, 6) is 0. The van der Waals surface area contributed by atoms with Crippen LogP contribution in [-0.4, -0.2) is 9.97 Å². The average molecular weight is 136 g/mol. The van der Waals surface area contributed by atoms with Gasteiger partial charge in [-0.25, -0.2) is 4.98 Å². The highest BCUT2D eigenvalue weighted by atomic mass is 32.1. The van der Waals surface area contributed by atoms with Gasteiger partial charge in [-0.1, -0.05) is 0 Å².